The SMILES string of the molecule is CCC[C@H](N)C(=O)N(C)Cc1cc(Br)cs1. The highest BCUT2D eigenvalue weighted by molar-refractivity contribution is 9.10. The van der Waals surface area contributed by atoms with Crippen molar-refractivity contribution in [3.63, 3.8) is 0 Å². The van der Waals surface area contributed by atoms with Crippen LogP contribution in [-0.2, 0) is 11.3 Å². The number of likely N-dealkylation sites (N-methyl/N-ethyl adjacent to an activating group) is 1. The molecule has 0 unspecified atom stereocenters. The average Bonchev–Trinajstić information content (AvgIpc) is 2.63. The minimum absolute atomic E-state index is 0.0198. The van der Waals surface area contributed by atoms with Crippen LogP contribution >= 0.6 is 27.3 Å². The zero-order chi connectivity index (χ0) is 12.1. The number of carbonyl (C=O) groups excluding carboxylic acids is 1. The van der Waals surface area contributed by atoms with Crippen molar-refractivity contribution in [2.45, 2.75) is 32.4 Å². The molecule has 0 spiro atoms. The third-order valence-electron chi connectivity index (χ3n) is 2.31. The molecule has 0 fully saturated rings. The summed E-state index contributed by atoms with van der Waals surface area (Å²) in [5, 5.41) is 2.01. The van der Waals surface area contributed by atoms with E-state index in [0.717, 1.165) is 22.2 Å². The number of hydrogen-bond donors (Lipinski definition) is 1. The van der Waals surface area contributed by atoms with Gasteiger partial charge in [-0.15, -0.1) is 11.3 Å². The van der Waals surface area contributed by atoms with Gasteiger partial charge in [-0.3, -0.25) is 4.79 Å². The van der Waals surface area contributed by atoms with E-state index in [9.17, 15) is 4.79 Å². The van der Waals surface area contributed by atoms with Crippen LogP contribution in [0.5, 0.6) is 0 Å². The highest BCUT2D eigenvalue weighted by Gasteiger charge is 2.17. The first-order valence-corrected chi connectivity index (χ1v) is 6.95. The molecule has 1 aromatic heterocycles. The predicted molar refractivity (Wildman–Crippen MR) is 71.4 cm³/mol. The Labute approximate surface area is 109 Å². The van der Waals surface area contributed by atoms with Gasteiger partial charge < -0.3 is 10.6 Å². The summed E-state index contributed by atoms with van der Waals surface area (Å²) in [6.07, 6.45) is 1.68. The lowest BCUT2D eigenvalue weighted by molar-refractivity contribution is -0.131. The van der Waals surface area contributed by atoms with E-state index in [4.69, 9.17) is 5.73 Å². The maximum Gasteiger partial charge on any atom is 0.239 e. The molecule has 1 rings (SSSR count). The Hall–Kier alpha value is -0.390. The molecule has 16 heavy (non-hydrogen) atoms. The van der Waals surface area contributed by atoms with Gasteiger partial charge in [0.15, 0.2) is 0 Å². The summed E-state index contributed by atoms with van der Waals surface area (Å²) in [6, 6.07) is 1.66. The largest absolute Gasteiger partial charge is 0.339 e. The predicted octanol–water partition coefficient (Wildman–Crippen LogP) is 2.60. The number of amides is 1. The van der Waals surface area contributed by atoms with Crippen LogP contribution in [0.3, 0.4) is 0 Å². The van der Waals surface area contributed by atoms with E-state index in [1.807, 2.05) is 18.4 Å². The van der Waals surface area contributed by atoms with Crippen molar-refractivity contribution in [2.75, 3.05) is 7.05 Å². The van der Waals surface area contributed by atoms with Crippen LogP contribution in [0.25, 0.3) is 0 Å². The summed E-state index contributed by atoms with van der Waals surface area (Å²) in [7, 11) is 1.80. The molecule has 0 bridgehead atoms. The van der Waals surface area contributed by atoms with Crippen molar-refractivity contribution in [3.05, 3.63) is 20.8 Å². The van der Waals surface area contributed by atoms with Gasteiger partial charge in [-0.2, -0.15) is 0 Å². The zero-order valence-corrected chi connectivity index (χ0v) is 12.0. The third kappa shape index (κ3) is 3.88. The summed E-state index contributed by atoms with van der Waals surface area (Å²) in [6.45, 7) is 2.66. The van der Waals surface area contributed by atoms with Crippen molar-refractivity contribution < 1.29 is 4.79 Å². The van der Waals surface area contributed by atoms with E-state index < -0.39 is 0 Å². The second kappa shape index (κ2) is 6.37. The first kappa shape index (κ1) is 13.7. The monoisotopic (exact) mass is 304 g/mol. The second-order valence-electron chi connectivity index (χ2n) is 3.82. The summed E-state index contributed by atoms with van der Waals surface area (Å²) >= 11 is 5.03. The summed E-state index contributed by atoms with van der Waals surface area (Å²) in [5.41, 5.74) is 5.79. The maximum atomic E-state index is 11.8. The number of carbonyl (C=O) groups is 1. The van der Waals surface area contributed by atoms with Gasteiger partial charge in [0.05, 0.1) is 12.6 Å². The van der Waals surface area contributed by atoms with Crippen LogP contribution in [0.4, 0.5) is 0 Å². The van der Waals surface area contributed by atoms with Gasteiger partial charge in [-0.1, -0.05) is 13.3 Å². The Morgan fingerprint density at radius 2 is 2.38 bits per heavy atom. The molecule has 0 aromatic carbocycles. The fraction of sp³-hybridized carbons (Fsp3) is 0.545. The van der Waals surface area contributed by atoms with E-state index in [1.165, 1.54) is 0 Å². The van der Waals surface area contributed by atoms with Crippen molar-refractivity contribution in [1.82, 2.24) is 4.90 Å². The van der Waals surface area contributed by atoms with E-state index >= 15 is 0 Å². The van der Waals surface area contributed by atoms with Gasteiger partial charge in [0.2, 0.25) is 5.91 Å². The Bertz CT molecular complexity index is 354. The molecule has 5 heteroatoms. The number of hydrogen-bond acceptors (Lipinski definition) is 3. The molecule has 0 aliphatic heterocycles. The van der Waals surface area contributed by atoms with Gasteiger partial charge in [0.25, 0.3) is 0 Å². The standard InChI is InChI=1S/C11H17BrN2OS/c1-3-4-10(13)11(15)14(2)6-9-5-8(12)7-16-9/h5,7,10H,3-4,6,13H2,1-2H3/t10-/m0/s1. The van der Waals surface area contributed by atoms with Crippen LogP contribution in [0.15, 0.2) is 15.9 Å². The van der Waals surface area contributed by atoms with E-state index in [2.05, 4.69) is 15.9 Å². The Morgan fingerprint density at radius 1 is 1.69 bits per heavy atom. The fourth-order valence-electron chi connectivity index (χ4n) is 1.47. The van der Waals surface area contributed by atoms with Gasteiger partial charge in [0.1, 0.15) is 0 Å². The molecule has 0 aliphatic rings. The van der Waals surface area contributed by atoms with Crippen LogP contribution in [0.1, 0.15) is 24.6 Å². The van der Waals surface area contributed by atoms with Crippen molar-refractivity contribution in [3.8, 4) is 0 Å². The lowest BCUT2D eigenvalue weighted by Crippen LogP contribution is -2.41. The number of halogens is 1. The van der Waals surface area contributed by atoms with Crippen LogP contribution in [0, 0.1) is 0 Å². The van der Waals surface area contributed by atoms with Gasteiger partial charge in [-0.25, -0.2) is 0 Å². The number of rotatable bonds is 5. The van der Waals surface area contributed by atoms with Crippen LogP contribution in [-0.4, -0.2) is 23.9 Å². The second-order valence-corrected chi connectivity index (χ2v) is 5.73. The van der Waals surface area contributed by atoms with Crippen LogP contribution < -0.4 is 5.73 Å². The van der Waals surface area contributed by atoms with Gasteiger partial charge in [-0.05, 0) is 28.4 Å². The Morgan fingerprint density at radius 3 is 2.88 bits per heavy atom. The molecule has 1 heterocycles. The highest BCUT2D eigenvalue weighted by atomic mass is 79.9. The topological polar surface area (TPSA) is 46.3 Å². The molecule has 90 valence electrons. The minimum atomic E-state index is -0.363. The molecular weight excluding hydrogens is 288 g/mol. The lowest BCUT2D eigenvalue weighted by Gasteiger charge is -2.20. The quantitative estimate of drug-likeness (QED) is 0.909. The third-order valence-corrected chi connectivity index (χ3v) is 3.99. The molecule has 0 saturated carbocycles. The van der Waals surface area contributed by atoms with E-state index in [1.54, 1.807) is 23.3 Å². The first-order valence-electron chi connectivity index (χ1n) is 5.28. The fourth-order valence-corrected chi connectivity index (χ4v) is 2.97. The smallest absolute Gasteiger partial charge is 0.239 e. The zero-order valence-electron chi connectivity index (χ0n) is 9.57. The average molecular weight is 305 g/mol. The summed E-state index contributed by atoms with van der Waals surface area (Å²) in [4.78, 5) is 14.7. The molecule has 0 saturated heterocycles. The van der Waals surface area contributed by atoms with Crippen molar-refractivity contribution in [1.29, 1.82) is 0 Å². The van der Waals surface area contributed by atoms with Gasteiger partial charge >= 0.3 is 0 Å². The maximum absolute atomic E-state index is 11.8. The molecule has 1 aromatic rings. The number of nitrogens with zero attached hydrogens (tertiary/aromatic N) is 1. The minimum Gasteiger partial charge on any atom is -0.339 e. The number of nitrogens with two attached hydrogens (primary N) is 1. The van der Waals surface area contributed by atoms with Gasteiger partial charge in [0, 0.05) is 21.8 Å². The molecular formula is C11H17BrN2OS. The molecule has 1 atom stereocenters. The molecule has 1 amide bonds. The summed E-state index contributed by atoms with van der Waals surface area (Å²) in [5.74, 6) is 0.0198. The summed E-state index contributed by atoms with van der Waals surface area (Å²) < 4.78 is 1.06. The molecule has 3 nitrogen and oxygen atoms in total. The Kier molecular flexibility index (Phi) is 5.44. The van der Waals surface area contributed by atoms with Crippen molar-refractivity contribution in [2.24, 2.45) is 5.73 Å². The lowest BCUT2D eigenvalue weighted by atomic mass is 10.1. The van der Waals surface area contributed by atoms with Crippen LogP contribution in [0.2, 0.25) is 0 Å². The molecule has 0 radical (unpaired) electrons. The van der Waals surface area contributed by atoms with Crippen molar-refractivity contribution >= 4 is 33.2 Å². The highest BCUT2D eigenvalue weighted by Crippen LogP contribution is 2.21. The molecule has 0 aliphatic carbocycles. The van der Waals surface area contributed by atoms with E-state index in [-0.39, 0.29) is 11.9 Å². The van der Waals surface area contributed by atoms with E-state index in [0.29, 0.717) is 6.54 Å². The molecule has 2 N–H and O–H groups in total. The Balaban J connectivity index is 2.51. The number of thiophene rings is 1. The first-order chi connectivity index (χ1) is 7.54. The normalized spacial score (nSPS) is 12.5.